The second-order valence-electron chi connectivity index (χ2n) is 5.21. The number of para-hydroxylation sites is 2. The van der Waals surface area contributed by atoms with Crippen molar-refractivity contribution >= 4 is 17.0 Å². The van der Waals surface area contributed by atoms with Crippen molar-refractivity contribution in [2.75, 3.05) is 0 Å². The molecule has 0 radical (unpaired) electrons. The molecule has 4 nitrogen and oxygen atoms in total. The van der Waals surface area contributed by atoms with E-state index < -0.39 is 0 Å². The third-order valence-electron chi connectivity index (χ3n) is 3.46. The molecular weight excluding hydrogens is 276 g/mol. The van der Waals surface area contributed by atoms with Crippen molar-refractivity contribution in [2.24, 2.45) is 0 Å². The molecule has 0 unspecified atom stereocenters. The molecule has 1 N–H and O–H groups in total. The largest absolute Gasteiger partial charge is 0.436 e. The summed E-state index contributed by atoms with van der Waals surface area (Å²) in [5.74, 6) is 0.702. The summed E-state index contributed by atoms with van der Waals surface area (Å²) in [4.78, 5) is 15.9. The Morgan fingerprint density at radius 1 is 1.14 bits per heavy atom. The summed E-state index contributed by atoms with van der Waals surface area (Å²) in [5.41, 5.74) is 3.63. The molecule has 1 amide bonds. The molecule has 3 aromatic rings. The first-order valence-electron chi connectivity index (χ1n) is 7.48. The van der Waals surface area contributed by atoms with Crippen molar-refractivity contribution < 1.29 is 9.21 Å². The normalized spacial score (nSPS) is 10.8. The Balaban J connectivity index is 1.72. The average Bonchev–Trinajstić information content (AvgIpc) is 2.98. The molecule has 0 bridgehead atoms. The zero-order valence-corrected chi connectivity index (χ0v) is 12.5. The molecule has 0 aliphatic rings. The Morgan fingerprint density at radius 2 is 1.91 bits per heavy atom. The number of nitrogens with zero attached hydrogens (tertiary/aromatic N) is 1. The minimum atomic E-state index is 0.0885. The van der Waals surface area contributed by atoms with E-state index in [0.29, 0.717) is 18.9 Å². The van der Waals surface area contributed by atoms with Crippen molar-refractivity contribution in [1.82, 2.24) is 10.3 Å². The lowest BCUT2D eigenvalue weighted by molar-refractivity contribution is -0.121. The fourth-order valence-electron chi connectivity index (χ4n) is 2.28. The van der Waals surface area contributed by atoms with Gasteiger partial charge in [-0.25, -0.2) is 4.98 Å². The highest BCUT2D eigenvalue weighted by Crippen LogP contribution is 2.24. The highest BCUT2D eigenvalue weighted by molar-refractivity contribution is 5.76. The zero-order chi connectivity index (χ0) is 15.4. The van der Waals surface area contributed by atoms with Gasteiger partial charge in [0.1, 0.15) is 5.52 Å². The maximum Gasteiger partial charge on any atom is 0.227 e. The van der Waals surface area contributed by atoms with Gasteiger partial charge in [0.25, 0.3) is 0 Å². The second-order valence-corrected chi connectivity index (χ2v) is 5.21. The van der Waals surface area contributed by atoms with Gasteiger partial charge in [0.15, 0.2) is 5.58 Å². The van der Waals surface area contributed by atoms with E-state index in [4.69, 9.17) is 4.42 Å². The van der Waals surface area contributed by atoms with E-state index in [1.54, 1.807) is 0 Å². The Labute approximate surface area is 129 Å². The number of benzene rings is 2. The van der Waals surface area contributed by atoms with Crippen molar-refractivity contribution in [3.8, 4) is 11.5 Å². The minimum absolute atomic E-state index is 0.0885. The molecule has 0 aliphatic carbocycles. The van der Waals surface area contributed by atoms with Crippen LogP contribution in [0.5, 0.6) is 0 Å². The van der Waals surface area contributed by atoms with Crippen LogP contribution in [-0.4, -0.2) is 10.9 Å². The predicted molar refractivity (Wildman–Crippen MR) is 86.2 cm³/mol. The van der Waals surface area contributed by atoms with Crippen LogP contribution in [0.15, 0.2) is 52.9 Å². The van der Waals surface area contributed by atoms with Gasteiger partial charge in [-0.3, -0.25) is 4.79 Å². The van der Waals surface area contributed by atoms with E-state index in [1.807, 2.05) is 55.5 Å². The number of amides is 1. The van der Waals surface area contributed by atoms with Crippen LogP contribution in [0.3, 0.4) is 0 Å². The van der Waals surface area contributed by atoms with Crippen LogP contribution < -0.4 is 5.32 Å². The summed E-state index contributed by atoms with van der Waals surface area (Å²) < 4.78 is 5.74. The van der Waals surface area contributed by atoms with Crippen LogP contribution in [0.1, 0.15) is 25.3 Å². The monoisotopic (exact) mass is 294 g/mol. The van der Waals surface area contributed by atoms with E-state index in [0.717, 1.165) is 28.6 Å². The zero-order valence-electron chi connectivity index (χ0n) is 12.5. The maximum absolute atomic E-state index is 11.5. The summed E-state index contributed by atoms with van der Waals surface area (Å²) in [6.45, 7) is 2.54. The van der Waals surface area contributed by atoms with Gasteiger partial charge in [-0.1, -0.05) is 31.2 Å². The summed E-state index contributed by atoms with van der Waals surface area (Å²) >= 11 is 0. The van der Waals surface area contributed by atoms with E-state index in [1.165, 1.54) is 0 Å². The highest BCUT2D eigenvalue weighted by Gasteiger charge is 2.07. The number of hydrogen-bond donors (Lipinski definition) is 1. The topological polar surface area (TPSA) is 55.1 Å². The quantitative estimate of drug-likeness (QED) is 0.776. The number of hydrogen-bond acceptors (Lipinski definition) is 3. The Kier molecular flexibility index (Phi) is 4.19. The van der Waals surface area contributed by atoms with E-state index >= 15 is 0 Å². The standard InChI is InChI=1S/C18H18N2O2/c1-2-5-17(21)19-12-13-8-10-14(11-9-13)18-20-15-6-3-4-7-16(15)22-18/h3-4,6-11H,2,5,12H2,1H3,(H,19,21). The lowest BCUT2D eigenvalue weighted by atomic mass is 10.1. The number of carbonyl (C=O) groups excluding carboxylic acids is 1. The highest BCUT2D eigenvalue weighted by atomic mass is 16.3. The van der Waals surface area contributed by atoms with Crippen LogP contribution in [-0.2, 0) is 11.3 Å². The van der Waals surface area contributed by atoms with Crippen molar-refractivity contribution in [1.29, 1.82) is 0 Å². The van der Waals surface area contributed by atoms with Crippen LogP contribution in [0.2, 0.25) is 0 Å². The molecule has 1 heterocycles. The molecule has 2 aromatic carbocycles. The maximum atomic E-state index is 11.5. The molecule has 0 saturated heterocycles. The first-order valence-corrected chi connectivity index (χ1v) is 7.48. The molecule has 112 valence electrons. The predicted octanol–water partition coefficient (Wildman–Crippen LogP) is 3.91. The van der Waals surface area contributed by atoms with Crippen molar-refractivity contribution in [2.45, 2.75) is 26.3 Å². The van der Waals surface area contributed by atoms with E-state index in [9.17, 15) is 4.79 Å². The lowest BCUT2D eigenvalue weighted by Gasteiger charge is -2.05. The average molecular weight is 294 g/mol. The number of aromatic nitrogens is 1. The van der Waals surface area contributed by atoms with Crippen LogP contribution >= 0.6 is 0 Å². The van der Waals surface area contributed by atoms with E-state index in [-0.39, 0.29) is 5.91 Å². The smallest absolute Gasteiger partial charge is 0.227 e. The fourth-order valence-corrected chi connectivity index (χ4v) is 2.28. The number of oxazole rings is 1. The molecule has 0 aliphatic heterocycles. The Bertz CT molecular complexity index is 742. The fraction of sp³-hybridized carbons (Fsp3) is 0.222. The van der Waals surface area contributed by atoms with E-state index in [2.05, 4.69) is 10.3 Å². The SMILES string of the molecule is CCCC(=O)NCc1ccc(-c2nc3ccccc3o2)cc1. The third kappa shape index (κ3) is 3.17. The number of carbonyl (C=O) groups is 1. The van der Waals surface area contributed by atoms with Gasteiger partial charge in [0.05, 0.1) is 0 Å². The molecule has 1 aromatic heterocycles. The van der Waals surface area contributed by atoms with Crippen LogP contribution in [0, 0.1) is 0 Å². The van der Waals surface area contributed by atoms with Gasteiger partial charge in [-0.2, -0.15) is 0 Å². The first-order chi connectivity index (χ1) is 10.8. The molecule has 22 heavy (non-hydrogen) atoms. The van der Waals surface area contributed by atoms with Crippen LogP contribution in [0.25, 0.3) is 22.6 Å². The van der Waals surface area contributed by atoms with Crippen LogP contribution in [0.4, 0.5) is 0 Å². The van der Waals surface area contributed by atoms with Gasteiger partial charge < -0.3 is 9.73 Å². The van der Waals surface area contributed by atoms with Gasteiger partial charge in [0, 0.05) is 18.5 Å². The molecule has 0 saturated carbocycles. The summed E-state index contributed by atoms with van der Waals surface area (Å²) in [7, 11) is 0. The molecule has 0 atom stereocenters. The summed E-state index contributed by atoms with van der Waals surface area (Å²) in [6.07, 6.45) is 1.43. The Morgan fingerprint density at radius 3 is 2.64 bits per heavy atom. The summed E-state index contributed by atoms with van der Waals surface area (Å²) in [5, 5.41) is 2.90. The first kappa shape index (κ1) is 14.3. The second kappa shape index (κ2) is 6.43. The molecule has 4 heteroatoms. The number of rotatable bonds is 5. The van der Waals surface area contributed by atoms with Gasteiger partial charge in [-0.05, 0) is 36.2 Å². The van der Waals surface area contributed by atoms with Gasteiger partial charge in [-0.15, -0.1) is 0 Å². The molecular formula is C18H18N2O2. The van der Waals surface area contributed by atoms with Gasteiger partial charge >= 0.3 is 0 Å². The van der Waals surface area contributed by atoms with Crippen molar-refractivity contribution in [3.05, 3.63) is 54.1 Å². The minimum Gasteiger partial charge on any atom is -0.436 e. The van der Waals surface area contributed by atoms with Crippen molar-refractivity contribution in [3.63, 3.8) is 0 Å². The third-order valence-corrected chi connectivity index (χ3v) is 3.46. The Hall–Kier alpha value is -2.62. The summed E-state index contributed by atoms with van der Waals surface area (Å²) in [6, 6.07) is 15.6. The number of fused-ring (bicyclic) bond motifs is 1. The van der Waals surface area contributed by atoms with Gasteiger partial charge in [0.2, 0.25) is 11.8 Å². The molecule has 0 spiro atoms. The lowest BCUT2D eigenvalue weighted by Crippen LogP contribution is -2.21. The molecule has 3 rings (SSSR count). The molecule has 0 fully saturated rings. The number of nitrogens with one attached hydrogen (secondary N) is 1.